The van der Waals surface area contributed by atoms with Gasteiger partial charge in [-0.3, -0.25) is 4.79 Å². The van der Waals surface area contributed by atoms with Crippen LogP contribution in [0, 0.1) is 0 Å². The van der Waals surface area contributed by atoms with Gasteiger partial charge in [-0.25, -0.2) is 0 Å². The molecule has 0 radical (unpaired) electrons. The molecule has 0 bridgehead atoms. The molecule has 1 aliphatic rings. The van der Waals surface area contributed by atoms with Crippen LogP contribution in [0.5, 0.6) is 5.75 Å². The Kier molecular flexibility index (Phi) is 5.74. The fourth-order valence-electron chi connectivity index (χ4n) is 2.82. The Morgan fingerprint density at radius 1 is 1.33 bits per heavy atom. The van der Waals surface area contributed by atoms with Crippen LogP contribution in [0.4, 0.5) is 5.69 Å². The highest BCUT2D eigenvalue weighted by atomic mass is 32.2. The van der Waals surface area contributed by atoms with E-state index in [1.807, 2.05) is 18.2 Å². The lowest BCUT2D eigenvalue weighted by Crippen LogP contribution is -2.13. The Balaban J connectivity index is 1.50. The molecular weight excluding hydrogens is 326 g/mol. The van der Waals surface area contributed by atoms with E-state index in [9.17, 15) is 4.79 Å². The Morgan fingerprint density at radius 3 is 2.96 bits per heavy atom. The summed E-state index contributed by atoms with van der Waals surface area (Å²) in [5.74, 6) is 1.90. The number of aromatic nitrogens is 2. The summed E-state index contributed by atoms with van der Waals surface area (Å²) in [6, 6.07) is 7.25. The number of carbonyl (C=O) groups excluding carboxylic acids is 1. The van der Waals surface area contributed by atoms with E-state index in [-0.39, 0.29) is 11.7 Å². The Bertz CT molecular complexity index is 683. The number of methoxy groups -OCH3 is 1. The molecule has 0 unspecified atom stereocenters. The number of hydrogen-bond donors (Lipinski definition) is 1. The fourth-order valence-corrected chi connectivity index (χ4v) is 3.39. The lowest BCUT2D eigenvalue weighted by atomic mass is 9.89. The molecule has 1 saturated carbocycles. The first-order chi connectivity index (χ1) is 11.7. The highest BCUT2D eigenvalue weighted by molar-refractivity contribution is 7.99. The molecule has 7 heteroatoms. The van der Waals surface area contributed by atoms with Crippen molar-refractivity contribution < 1.29 is 13.9 Å². The van der Waals surface area contributed by atoms with Crippen molar-refractivity contribution >= 4 is 23.4 Å². The van der Waals surface area contributed by atoms with Crippen LogP contribution < -0.4 is 10.1 Å². The Hall–Kier alpha value is -2.02. The topological polar surface area (TPSA) is 77.2 Å². The second-order valence-corrected chi connectivity index (χ2v) is 6.74. The van der Waals surface area contributed by atoms with Crippen molar-refractivity contribution in [2.45, 2.75) is 43.2 Å². The van der Waals surface area contributed by atoms with Crippen LogP contribution in [-0.4, -0.2) is 29.0 Å². The summed E-state index contributed by atoms with van der Waals surface area (Å²) in [6.07, 6.45) is 5.96. The van der Waals surface area contributed by atoms with E-state index in [0.717, 1.165) is 12.8 Å². The fraction of sp³-hybridized carbons (Fsp3) is 0.471. The minimum atomic E-state index is -0.120. The Morgan fingerprint density at radius 2 is 2.17 bits per heavy atom. The van der Waals surface area contributed by atoms with Crippen molar-refractivity contribution in [3.05, 3.63) is 30.2 Å². The molecule has 0 saturated heterocycles. The number of nitrogens with one attached hydrogen (secondary N) is 1. The molecule has 1 aromatic carbocycles. The normalized spacial score (nSPS) is 15.2. The number of ether oxygens (including phenoxy) is 1. The summed E-state index contributed by atoms with van der Waals surface area (Å²) < 4.78 is 10.8. The van der Waals surface area contributed by atoms with E-state index in [0.29, 0.717) is 28.5 Å². The van der Waals surface area contributed by atoms with Crippen molar-refractivity contribution in [3.63, 3.8) is 0 Å². The minimum Gasteiger partial charge on any atom is -0.497 e. The molecule has 0 atom stereocenters. The maximum Gasteiger partial charge on any atom is 0.277 e. The molecule has 1 amide bonds. The first-order valence-corrected chi connectivity index (χ1v) is 9.13. The summed E-state index contributed by atoms with van der Waals surface area (Å²) in [5, 5.41) is 11.5. The van der Waals surface area contributed by atoms with Gasteiger partial charge in [-0.2, -0.15) is 0 Å². The molecule has 128 valence electrons. The molecular formula is C17H21N3O3S. The van der Waals surface area contributed by atoms with Crippen molar-refractivity contribution in [3.8, 4) is 5.75 Å². The molecule has 24 heavy (non-hydrogen) atoms. The van der Waals surface area contributed by atoms with E-state index < -0.39 is 0 Å². The summed E-state index contributed by atoms with van der Waals surface area (Å²) in [5.41, 5.74) is 0.702. The number of amides is 1. The summed E-state index contributed by atoms with van der Waals surface area (Å²) in [4.78, 5) is 12.0. The molecule has 1 aliphatic carbocycles. The van der Waals surface area contributed by atoms with Gasteiger partial charge >= 0.3 is 0 Å². The highest BCUT2D eigenvalue weighted by Crippen LogP contribution is 2.32. The number of benzene rings is 1. The molecule has 2 aromatic rings. The van der Waals surface area contributed by atoms with Crippen molar-refractivity contribution in [1.29, 1.82) is 0 Å². The summed E-state index contributed by atoms with van der Waals surface area (Å²) in [7, 11) is 1.59. The predicted molar refractivity (Wildman–Crippen MR) is 92.5 cm³/mol. The van der Waals surface area contributed by atoms with Crippen molar-refractivity contribution in [1.82, 2.24) is 10.2 Å². The van der Waals surface area contributed by atoms with E-state index in [2.05, 4.69) is 15.5 Å². The number of thioether (sulfide) groups is 1. The zero-order chi connectivity index (χ0) is 16.8. The maximum atomic E-state index is 12.0. The number of nitrogens with zero attached hydrogens (tertiary/aromatic N) is 2. The first kappa shape index (κ1) is 16.8. The van der Waals surface area contributed by atoms with Gasteiger partial charge in [0.1, 0.15) is 5.75 Å². The lowest BCUT2D eigenvalue weighted by molar-refractivity contribution is -0.113. The third kappa shape index (κ3) is 4.50. The van der Waals surface area contributed by atoms with E-state index in [4.69, 9.17) is 9.15 Å². The van der Waals surface area contributed by atoms with Gasteiger partial charge in [-0.15, -0.1) is 10.2 Å². The SMILES string of the molecule is COc1cccc(NC(=O)CSc2nnc(C3CCCCC3)o2)c1. The van der Waals surface area contributed by atoms with Gasteiger partial charge in [-0.1, -0.05) is 37.1 Å². The Labute approximate surface area is 145 Å². The lowest BCUT2D eigenvalue weighted by Gasteiger charge is -2.17. The largest absolute Gasteiger partial charge is 0.497 e. The average Bonchev–Trinajstić information content (AvgIpc) is 3.10. The number of carbonyl (C=O) groups is 1. The highest BCUT2D eigenvalue weighted by Gasteiger charge is 2.21. The standard InChI is InChI=1S/C17H21N3O3S/c1-22-14-9-5-8-13(10-14)18-15(21)11-24-17-20-19-16(23-17)12-6-3-2-4-7-12/h5,8-10,12H,2-4,6-7,11H2,1H3,(H,18,21). The van der Waals surface area contributed by atoms with Crippen LogP contribution in [0.1, 0.15) is 43.9 Å². The zero-order valence-corrected chi connectivity index (χ0v) is 14.5. The van der Waals surface area contributed by atoms with E-state index in [1.165, 1.54) is 31.0 Å². The molecule has 1 fully saturated rings. The number of hydrogen-bond acceptors (Lipinski definition) is 6. The summed E-state index contributed by atoms with van der Waals surface area (Å²) >= 11 is 1.26. The number of rotatable bonds is 6. The molecule has 1 N–H and O–H groups in total. The molecule has 1 heterocycles. The van der Waals surface area contributed by atoms with Crippen LogP contribution in [0.2, 0.25) is 0 Å². The van der Waals surface area contributed by atoms with Crippen LogP contribution in [0.25, 0.3) is 0 Å². The van der Waals surface area contributed by atoms with E-state index >= 15 is 0 Å². The van der Waals surface area contributed by atoms with Crippen LogP contribution in [0.3, 0.4) is 0 Å². The second kappa shape index (κ2) is 8.19. The van der Waals surface area contributed by atoms with Crippen LogP contribution in [-0.2, 0) is 4.79 Å². The average molecular weight is 347 g/mol. The van der Waals surface area contributed by atoms with Crippen molar-refractivity contribution in [2.24, 2.45) is 0 Å². The van der Waals surface area contributed by atoms with E-state index in [1.54, 1.807) is 13.2 Å². The predicted octanol–water partition coefficient (Wildman–Crippen LogP) is 3.86. The number of anilines is 1. The zero-order valence-electron chi connectivity index (χ0n) is 13.7. The molecule has 0 aliphatic heterocycles. The first-order valence-electron chi connectivity index (χ1n) is 8.14. The molecule has 1 aromatic heterocycles. The molecule has 3 rings (SSSR count). The minimum absolute atomic E-state index is 0.120. The summed E-state index contributed by atoms with van der Waals surface area (Å²) in [6.45, 7) is 0. The maximum absolute atomic E-state index is 12.0. The second-order valence-electron chi connectivity index (χ2n) is 5.81. The van der Waals surface area contributed by atoms with Gasteiger partial charge in [0.25, 0.3) is 5.22 Å². The quantitative estimate of drug-likeness (QED) is 0.800. The van der Waals surface area contributed by atoms with Crippen molar-refractivity contribution in [2.75, 3.05) is 18.2 Å². The van der Waals surface area contributed by atoms with Gasteiger partial charge in [0.15, 0.2) is 0 Å². The van der Waals surface area contributed by atoms with Gasteiger partial charge in [0.05, 0.1) is 12.9 Å². The van der Waals surface area contributed by atoms with Gasteiger partial charge in [0.2, 0.25) is 11.8 Å². The third-order valence-corrected chi connectivity index (χ3v) is 4.88. The van der Waals surface area contributed by atoms with Gasteiger partial charge in [-0.05, 0) is 25.0 Å². The molecule has 6 nitrogen and oxygen atoms in total. The smallest absolute Gasteiger partial charge is 0.277 e. The monoisotopic (exact) mass is 347 g/mol. The molecule has 0 spiro atoms. The van der Waals surface area contributed by atoms with Gasteiger partial charge < -0.3 is 14.5 Å². The van der Waals surface area contributed by atoms with Crippen LogP contribution >= 0.6 is 11.8 Å². The van der Waals surface area contributed by atoms with Gasteiger partial charge in [0, 0.05) is 17.7 Å². The van der Waals surface area contributed by atoms with Crippen LogP contribution in [0.15, 0.2) is 33.9 Å². The third-order valence-electron chi connectivity index (χ3n) is 4.06.